The Balaban J connectivity index is 1.11. The highest BCUT2D eigenvalue weighted by atomic mass is 32.1. The first-order valence-electron chi connectivity index (χ1n) is 9.99. The van der Waals surface area contributed by atoms with Crippen LogP contribution in [0.5, 0.6) is 10.9 Å². The molecule has 0 aliphatic carbocycles. The highest BCUT2D eigenvalue weighted by molar-refractivity contribution is 7.20. The third-order valence-corrected chi connectivity index (χ3v) is 6.44. The fourth-order valence-electron chi connectivity index (χ4n) is 3.83. The van der Waals surface area contributed by atoms with E-state index in [1.54, 1.807) is 18.8 Å². The van der Waals surface area contributed by atoms with E-state index in [-0.39, 0.29) is 0 Å². The Kier molecular flexibility index (Phi) is 5.36. The maximum absolute atomic E-state index is 5.94. The van der Waals surface area contributed by atoms with Crippen molar-refractivity contribution in [2.45, 2.75) is 19.3 Å². The molecule has 1 radical (unpaired) electrons. The second-order valence-corrected chi connectivity index (χ2v) is 8.41. The molecule has 0 saturated carbocycles. The van der Waals surface area contributed by atoms with Gasteiger partial charge in [-0.25, -0.2) is 10.0 Å². The van der Waals surface area contributed by atoms with Crippen molar-refractivity contribution >= 4 is 34.6 Å². The van der Waals surface area contributed by atoms with Gasteiger partial charge in [-0.15, -0.1) is 5.10 Å². The lowest BCUT2D eigenvalue weighted by molar-refractivity contribution is 0.212. The van der Waals surface area contributed by atoms with Crippen molar-refractivity contribution in [3.63, 3.8) is 0 Å². The molecule has 3 aromatic rings. The SMILES string of the molecule is [B]1N=NN=C1C1CCN(CCc2ccc(Oc3nc4ccccc4s3)cc2)CC1. The molecule has 2 aromatic carbocycles. The molecule has 1 fully saturated rings. The molecule has 1 aromatic heterocycles. The molecule has 2 aliphatic heterocycles. The Morgan fingerprint density at radius 1 is 1.07 bits per heavy atom. The Labute approximate surface area is 174 Å². The summed E-state index contributed by atoms with van der Waals surface area (Å²) in [7, 11) is 1.80. The van der Waals surface area contributed by atoms with Crippen LogP contribution in [-0.2, 0) is 6.42 Å². The van der Waals surface area contributed by atoms with E-state index >= 15 is 0 Å². The van der Waals surface area contributed by atoms with Gasteiger partial charge in [-0.1, -0.05) is 40.8 Å². The maximum Gasteiger partial charge on any atom is 0.364 e. The Hall–Kier alpha value is -2.58. The van der Waals surface area contributed by atoms with Crippen LogP contribution in [0.15, 0.2) is 63.9 Å². The number of hydrogen-bond donors (Lipinski definition) is 0. The average molecular weight is 402 g/mol. The largest absolute Gasteiger partial charge is 0.431 e. The molecule has 0 N–H and O–H groups in total. The fourth-order valence-corrected chi connectivity index (χ4v) is 4.67. The summed E-state index contributed by atoms with van der Waals surface area (Å²) < 4.78 is 7.08. The highest BCUT2D eigenvalue weighted by Crippen LogP contribution is 2.31. The molecule has 145 valence electrons. The molecule has 0 bridgehead atoms. The zero-order chi connectivity index (χ0) is 19.5. The van der Waals surface area contributed by atoms with Gasteiger partial charge in [-0.05, 0) is 68.1 Å². The summed E-state index contributed by atoms with van der Waals surface area (Å²) in [5, 5.41) is 12.4. The van der Waals surface area contributed by atoms with Crippen LogP contribution in [0.3, 0.4) is 0 Å². The van der Waals surface area contributed by atoms with Crippen LogP contribution in [0.2, 0.25) is 0 Å². The predicted octanol–water partition coefficient (Wildman–Crippen LogP) is 4.74. The van der Waals surface area contributed by atoms with E-state index < -0.39 is 0 Å². The molecule has 29 heavy (non-hydrogen) atoms. The molecule has 0 atom stereocenters. The molecule has 3 heterocycles. The highest BCUT2D eigenvalue weighted by Gasteiger charge is 2.25. The quantitative estimate of drug-likeness (QED) is 0.560. The molecular formula is C21H21BN5OS. The number of benzene rings is 2. The second kappa shape index (κ2) is 8.43. The van der Waals surface area contributed by atoms with Gasteiger partial charge in [0.25, 0.3) is 5.19 Å². The summed E-state index contributed by atoms with van der Waals surface area (Å²) in [6.45, 7) is 3.29. The normalized spacial score (nSPS) is 17.4. The number of aromatic nitrogens is 1. The maximum atomic E-state index is 5.94. The van der Waals surface area contributed by atoms with Gasteiger partial charge >= 0.3 is 7.41 Å². The van der Waals surface area contributed by atoms with Crippen LogP contribution < -0.4 is 4.74 Å². The lowest BCUT2D eigenvalue weighted by Gasteiger charge is -2.31. The zero-order valence-corrected chi connectivity index (χ0v) is 16.9. The molecular weight excluding hydrogens is 381 g/mol. The predicted molar refractivity (Wildman–Crippen MR) is 117 cm³/mol. The molecule has 0 spiro atoms. The van der Waals surface area contributed by atoms with Crippen molar-refractivity contribution in [2.75, 3.05) is 19.6 Å². The van der Waals surface area contributed by atoms with Gasteiger partial charge in [0.15, 0.2) is 0 Å². The first kappa shape index (κ1) is 18.5. The lowest BCUT2D eigenvalue weighted by Crippen LogP contribution is -2.38. The average Bonchev–Trinajstić information content (AvgIpc) is 3.43. The van der Waals surface area contributed by atoms with E-state index in [4.69, 9.17) is 4.74 Å². The summed E-state index contributed by atoms with van der Waals surface area (Å²) >= 11 is 1.57. The molecule has 1 saturated heterocycles. The summed E-state index contributed by atoms with van der Waals surface area (Å²) in [5.74, 6) is 1.35. The Morgan fingerprint density at radius 2 is 1.90 bits per heavy atom. The first-order valence-corrected chi connectivity index (χ1v) is 10.8. The third kappa shape index (κ3) is 4.38. The third-order valence-electron chi connectivity index (χ3n) is 5.53. The van der Waals surface area contributed by atoms with Gasteiger partial charge in [-0.2, -0.15) is 0 Å². The number of likely N-dealkylation sites (tertiary alicyclic amines) is 1. The lowest BCUT2D eigenvalue weighted by atomic mass is 9.75. The summed E-state index contributed by atoms with van der Waals surface area (Å²) in [6, 6.07) is 16.5. The Bertz CT molecular complexity index is 1010. The molecule has 5 rings (SSSR count). The van der Waals surface area contributed by atoms with Gasteiger partial charge in [0.1, 0.15) is 5.75 Å². The van der Waals surface area contributed by atoms with Crippen LogP contribution >= 0.6 is 11.3 Å². The fraction of sp³-hybridized carbons (Fsp3) is 0.333. The van der Waals surface area contributed by atoms with E-state index in [2.05, 4.69) is 43.4 Å². The van der Waals surface area contributed by atoms with Crippen LogP contribution in [0.1, 0.15) is 18.4 Å². The van der Waals surface area contributed by atoms with Gasteiger partial charge < -0.3 is 9.64 Å². The summed E-state index contributed by atoms with van der Waals surface area (Å²) in [4.78, 5) is 7.06. The number of para-hydroxylation sites is 1. The van der Waals surface area contributed by atoms with Crippen LogP contribution in [0.4, 0.5) is 0 Å². The zero-order valence-electron chi connectivity index (χ0n) is 16.1. The minimum Gasteiger partial charge on any atom is -0.431 e. The van der Waals surface area contributed by atoms with Crippen molar-refractivity contribution in [1.82, 2.24) is 9.88 Å². The van der Waals surface area contributed by atoms with Gasteiger partial charge in [0.2, 0.25) is 0 Å². The number of nitrogens with zero attached hydrogens (tertiary/aromatic N) is 5. The Morgan fingerprint density at radius 3 is 2.66 bits per heavy atom. The van der Waals surface area contributed by atoms with Crippen molar-refractivity contribution in [2.24, 2.45) is 21.3 Å². The number of ether oxygens (including phenoxy) is 1. The first-order chi connectivity index (χ1) is 14.3. The van der Waals surface area contributed by atoms with E-state index in [1.807, 2.05) is 30.3 Å². The van der Waals surface area contributed by atoms with Gasteiger partial charge in [0.05, 0.1) is 10.2 Å². The van der Waals surface area contributed by atoms with Gasteiger partial charge in [-0.3, -0.25) is 0 Å². The minimum atomic E-state index is 0.514. The minimum absolute atomic E-state index is 0.514. The van der Waals surface area contributed by atoms with Crippen molar-refractivity contribution < 1.29 is 4.74 Å². The van der Waals surface area contributed by atoms with Crippen molar-refractivity contribution in [3.8, 4) is 10.9 Å². The number of fused-ring (bicyclic) bond motifs is 1. The molecule has 2 aliphatic rings. The van der Waals surface area contributed by atoms with Crippen LogP contribution in [0, 0.1) is 5.92 Å². The molecule has 0 unspecified atom stereocenters. The second-order valence-electron chi connectivity index (χ2n) is 7.42. The molecule has 0 amide bonds. The standard InChI is InChI=1S/C21H21BN5OS/c1-2-4-19-18(3-1)23-21(29-19)28-17-7-5-15(6-8-17)9-12-27-13-10-16(11-14-27)20-22-25-26-24-20/h1-8,16H,9-14H2. The molecule has 6 nitrogen and oxygen atoms in total. The monoisotopic (exact) mass is 402 g/mol. The number of piperidine rings is 1. The van der Waals surface area contributed by atoms with E-state index in [9.17, 15) is 0 Å². The van der Waals surface area contributed by atoms with E-state index in [0.717, 1.165) is 60.5 Å². The number of thiazole rings is 1. The topological polar surface area (TPSA) is 62.4 Å². The van der Waals surface area contributed by atoms with Gasteiger partial charge in [0, 0.05) is 12.2 Å². The summed E-state index contributed by atoms with van der Waals surface area (Å²) in [5.41, 5.74) is 3.36. The van der Waals surface area contributed by atoms with Crippen LogP contribution in [0.25, 0.3) is 10.2 Å². The molecule has 8 heteroatoms. The number of hydrogen-bond acceptors (Lipinski definition) is 7. The van der Waals surface area contributed by atoms with Crippen LogP contribution in [-0.4, -0.2) is 42.5 Å². The van der Waals surface area contributed by atoms with Crippen molar-refractivity contribution in [1.29, 1.82) is 0 Å². The van der Waals surface area contributed by atoms with E-state index in [0.29, 0.717) is 11.1 Å². The summed E-state index contributed by atoms with van der Waals surface area (Å²) in [6.07, 6.45) is 3.31. The number of rotatable bonds is 6. The smallest absolute Gasteiger partial charge is 0.364 e. The van der Waals surface area contributed by atoms with E-state index in [1.165, 1.54) is 5.56 Å². The van der Waals surface area contributed by atoms with Crippen molar-refractivity contribution in [3.05, 3.63) is 54.1 Å².